The highest BCUT2D eigenvalue weighted by Crippen LogP contribution is 2.28. The predicted octanol–water partition coefficient (Wildman–Crippen LogP) is 2.68. The van der Waals surface area contributed by atoms with Gasteiger partial charge in [0.25, 0.3) is 5.91 Å². The maximum atomic E-state index is 13.1. The number of carbonyl (C=O) groups excluding carboxylic acids is 1. The van der Waals surface area contributed by atoms with E-state index >= 15 is 0 Å². The van der Waals surface area contributed by atoms with Crippen molar-refractivity contribution < 1.29 is 9.53 Å². The van der Waals surface area contributed by atoms with Gasteiger partial charge in [0.1, 0.15) is 0 Å². The average Bonchev–Trinajstić information content (AvgIpc) is 3.30. The minimum absolute atomic E-state index is 0.00581. The van der Waals surface area contributed by atoms with Gasteiger partial charge in [-0.1, -0.05) is 18.2 Å². The van der Waals surface area contributed by atoms with E-state index in [1.807, 2.05) is 46.5 Å². The number of para-hydroxylation sites is 1. The summed E-state index contributed by atoms with van der Waals surface area (Å²) in [5, 5.41) is 6.19. The molecule has 6 nitrogen and oxygen atoms in total. The highest BCUT2D eigenvalue weighted by atomic mass is 32.1. The summed E-state index contributed by atoms with van der Waals surface area (Å²) in [5.41, 5.74) is 1.71. The fraction of sp³-hybridized carbons (Fsp3) is 0.400. The third-order valence-electron chi connectivity index (χ3n) is 5.85. The molecule has 5 rings (SSSR count). The number of ether oxygens (including phenoxy) is 1. The van der Waals surface area contributed by atoms with Crippen LogP contribution in [0.5, 0.6) is 0 Å². The maximum Gasteiger partial charge on any atom is 0.253 e. The van der Waals surface area contributed by atoms with Crippen LogP contribution in [0.1, 0.15) is 23.2 Å². The molecule has 4 heterocycles. The summed E-state index contributed by atoms with van der Waals surface area (Å²) in [6.07, 6.45) is 3.78. The average molecular weight is 382 g/mol. The lowest BCUT2D eigenvalue weighted by atomic mass is 9.90. The number of nitrogens with zero attached hydrogens (tertiary/aromatic N) is 3. The number of morpholine rings is 1. The number of benzene rings is 1. The molecule has 0 spiro atoms. The topological polar surface area (TPSA) is 59.4 Å². The zero-order valence-electron chi connectivity index (χ0n) is 15.2. The first-order valence-corrected chi connectivity index (χ1v) is 10.2. The van der Waals surface area contributed by atoms with E-state index in [0.717, 1.165) is 42.8 Å². The van der Waals surface area contributed by atoms with Crippen LogP contribution in [0.3, 0.4) is 0 Å². The van der Waals surface area contributed by atoms with E-state index in [4.69, 9.17) is 4.74 Å². The summed E-state index contributed by atoms with van der Waals surface area (Å²) in [6, 6.07) is 10.9. The largest absolute Gasteiger partial charge is 0.378 e. The van der Waals surface area contributed by atoms with Gasteiger partial charge >= 0.3 is 0 Å². The smallest absolute Gasteiger partial charge is 0.253 e. The van der Waals surface area contributed by atoms with Crippen LogP contribution in [0.2, 0.25) is 0 Å². The summed E-state index contributed by atoms with van der Waals surface area (Å²) >= 11 is 1.41. The molecule has 2 aromatic heterocycles. The van der Waals surface area contributed by atoms with Crippen molar-refractivity contribution in [2.75, 3.05) is 20.3 Å². The Balaban J connectivity index is 1.43. The Hall–Kier alpha value is -2.22. The zero-order valence-corrected chi connectivity index (χ0v) is 16.0. The second-order valence-corrected chi connectivity index (χ2v) is 8.11. The Morgan fingerprint density at radius 2 is 2.00 bits per heavy atom. The molecule has 140 valence electrons. The first-order chi connectivity index (χ1) is 13.2. The van der Waals surface area contributed by atoms with Gasteiger partial charge in [0, 0.05) is 35.1 Å². The summed E-state index contributed by atoms with van der Waals surface area (Å²) in [5.74, 6) is 0.843. The fourth-order valence-corrected chi connectivity index (χ4v) is 4.86. The van der Waals surface area contributed by atoms with Crippen molar-refractivity contribution in [3.63, 3.8) is 0 Å². The number of nitrogens with one attached hydrogen (secondary N) is 1. The van der Waals surface area contributed by atoms with Gasteiger partial charge in [0.05, 0.1) is 24.3 Å². The maximum absolute atomic E-state index is 13.1. The van der Waals surface area contributed by atoms with E-state index < -0.39 is 0 Å². The molecule has 2 saturated heterocycles. The summed E-state index contributed by atoms with van der Waals surface area (Å²) in [6.45, 7) is 1.50. The van der Waals surface area contributed by atoms with Gasteiger partial charge in [-0.3, -0.25) is 14.3 Å². The number of hydrogen-bond donors (Lipinski definition) is 1. The third kappa shape index (κ3) is 2.96. The number of rotatable bonds is 3. The van der Waals surface area contributed by atoms with Crippen molar-refractivity contribution >= 4 is 28.3 Å². The van der Waals surface area contributed by atoms with Gasteiger partial charge in [-0.15, -0.1) is 0 Å². The van der Waals surface area contributed by atoms with E-state index in [-0.39, 0.29) is 11.9 Å². The Morgan fingerprint density at radius 3 is 2.74 bits per heavy atom. The van der Waals surface area contributed by atoms with Crippen molar-refractivity contribution in [1.29, 1.82) is 0 Å². The molecular formula is C20H22N4O2S. The molecule has 7 heteroatoms. The predicted molar refractivity (Wildman–Crippen MR) is 106 cm³/mol. The molecule has 3 atom stereocenters. The molecule has 2 bridgehead atoms. The Labute approximate surface area is 161 Å². The molecule has 3 aromatic rings. The monoisotopic (exact) mass is 382 g/mol. The Morgan fingerprint density at radius 1 is 1.22 bits per heavy atom. The van der Waals surface area contributed by atoms with Crippen LogP contribution in [0.4, 0.5) is 0 Å². The van der Waals surface area contributed by atoms with E-state index in [1.165, 1.54) is 11.5 Å². The van der Waals surface area contributed by atoms with Gasteiger partial charge in [0.2, 0.25) is 0 Å². The van der Waals surface area contributed by atoms with Gasteiger partial charge in [-0.05, 0) is 43.6 Å². The van der Waals surface area contributed by atoms with Crippen LogP contribution in [0.15, 0.2) is 41.9 Å². The number of fused-ring (bicyclic) bond motifs is 3. The highest BCUT2D eigenvalue weighted by molar-refractivity contribution is 7.03. The van der Waals surface area contributed by atoms with Gasteiger partial charge in [-0.2, -0.15) is 4.37 Å². The normalized spacial score (nSPS) is 25.6. The molecule has 0 aliphatic carbocycles. The molecule has 27 heavy (non-hydrogen) atoms. The molecular weight excluding hydrogens is 360 g/mol. The SMILES string of the molecule is CN1[C@@H]2COC[C@H]1CC(NC(=O)c1cn(-c3ccsn3)c3ccccc13)C2. The van der Waals surface area contributed by atoms with Gasteiger partial charge in [0.15, 0.2) is 5.82 Å². The van der Waals surface area contributed by atoms with Crippen molar-refractivity contribution in [2.45, 2.75) is 31.0 Å². The first kappa shape index (κ1) is 16.9. The first-order valence-electron chi connectivity index (χ1n) is 9.32. The number of carbonyl (C=O) groups is 1. The molecule has 0 saturated carbocycles. The van der Waals surface area contributed by atoms with Crippen molar-refractivity contribution in [3.05, 3.63) is 47.5 Å². The van der Waals surface area contributed by atoms with E-state index in [2.05, 4.69) is 21.6 Å². The molecule has 1 amide bonds. The second-order valence-electron chi connectivity index (χ2n) is 7.44. The molecule has 1 unspecified atom stereocenters. The fourth-order valence-electron chi connectivity index (χ4n) is 4.36. The van der Waals surface area contributed by atoms with Crippen LogP contribution in [0.25, 0.3) is 16.7 Å². The molecule has 2 aliphatic heterocycles. The van der Waals surface area contributed by atoms with Crippen LogP contribution < -0.4 is 5.32 Å². The Kier molecular flexibility index (Phi) is 4.22. The van der Waals surface area contributed by atoms with Crippen LogP contribution in [0, 0.1) is 0 Å². The van der Waals surface area contributed by atoms with E-state index in [9.17, 15) is 4.79 Å². The lowest BCUT2D eigenvalue weighted by Gasteiger charge is -2.46. The minimum Gasteiger partial charge on any atom is -0.378 e. The van der Waals surface area contributed by atoms with Crippen LogP contribution in [-0.2, 0) is 4.74 Å². The van der Waals surface area contributed by atoms with Crippen molar-refractivity contribution in [3.8, 4) is 5.82 Å². The van der Waals surface area contributed by atoms with Crippen LogP contribution >= 0.6 is 11.5 Å². The highest BCUT2D eigenvalue weighted by Gasteiger charge is 2.37. The number of piperidine rings is 1. The van der Waals surface area contributed by atoms with E-state index in [1.54, 1.807) is 0 Å². The zero-order chi connectivity index (χ0) is 18.4. The quantitative estimate of drug-likeness (QED) is 0.757. The third-order valence-corrected chi connectivity index (χ3v) is 6.40. The molecule has 2 fully saturated rings. The number of aromatic nitrogens is 2. The van der Waals surface area contributed by atoms with Gasteiger partial charge in [-0.25, -0.2) is 0 Å². The van der Waals surface area contributed by atoms with E-state index in [0.29, 0.717) is 17.6 Å². The minimum atomic E-state index is -0.00581. The lowest BCUT2D eigenvalue weighted by Crippen LogP contribution is -2.59. The lowest BCUT2D eigenvalue weighted by molar-refractivity contribution is -0.0670. The Bertz CT molecular complexity index is 954. The standard InChI is InChI=1S/C20H22N4O2S/c1-23-14-8-13(9-15(23)12-26-11-14)21-20(25)17-10-24(19-6-7-27-22-19)18-5-3-2-4-16(17)18/h2-7,10,13-15H,8-9,11-12H2,1H3,(H,21,25)/t13?,14-,15+. The van der Waals surface area contributed by atoms with Crippen molar-refractivity contribution in [1.82, 2.24) is 19.2 Å². The van der Waals surface area contributed by atoms with Gasteiger partial charge < -0.3 is 10.1 Å². The van der Waals surface area contributed by atoms with Crippen molar-refractivity contribution in [2.24, 2.45) is 0 Å². The number of likely N-dealkylation sites (N-methyl/N-ethyl adjacent to an activating group) is 1. The second kappa shape index (κ2) is 6.74. The number of amides is 1. The summed E-state index contributed by atoms with van der Waals surface area (Å²) in [7, 11) is 2.16. The molecule has 0 radical (unpaired) electrons. The number of hydrogen-bond acceptors (Lipinski definition) is 5. The summed E-state index contributed by atoms with van der Waals surface area (Å²) in [4.78, 5) is 15.5. The molecule has 1 aromatic carbocycles. The molecule has 2 aliphatic rings. The molecule has 1 N–H and O–H groups in total. The van der Waals surface area contributed by atoms with Crippen LogP contribution in [-0.4, -0.2) is 58.1 Å². The summed E-state index contributed by atoms with van der Waals surface area (Å²) < 4.78 is 12.1.